The van der Waals surface area contributed by atoms with Crippen LogP contribution in [-0.4, -0.2) is 17.6 Å². The first-order chi connectivity index (χ1) is 7.70. The second kappa shape index (κ2) is 4.43. The summed E-state index contributed by atoms with van der Waals surface area (Å²) in [7, 11) is 0. The molecule has 3 N–H and O–H groups in total. The molecule has 0 heterocycles. The lowest BCUT2D eigenvalue weighted by atomic mass is 10.1. The molecule has 4 heteroatoms. The summed E-state index contributed by atoms with van der Waals surface area (Å²) in [5, 5.41) is 11.7. The molecule has 86 valence electrons. The summed E-state index contributed by atoms with van der Waals surface area (Å²) < 4.78 is 5.67. The third-order valence-electron chi connectivity index (χ3n) is 2.69. The van der Waals surface area contributed by atoms with Gasteiger partial charge in [0.05, 0.1) is 12.2 Å². The lowest BCUT2D eigenvalue weighted by Gasteiger charge is -2.10. The SMILES string of the molecule is Cc1ccc(OCC2CC2)c(/C(N)=N/O)c1. The monoisotopic (exact) mass is 220 g/mol. The number of benzene rings is 1. The van der Waals surface area contributed by atoms with Crippen LogP contribution in [0.4, 0.5) is 0 Å². The molecule has 1 aliphatic carbocycles. The molecule has 1 saturated carbocycles. The molecular weight excluding hydrogens is 204 g/mol. The van der Waals surface area contributed by atoms with Gasteiger partial charge in [-0.2, -0.15) is 0 Å². The minimum absolute atomic E-state index is 0.0921. The van der Waals surface area contributed by atoms with Crippen molar-refractivity contribution in [3.8, 4) is 5.75 Å². The Kier molecular flexibility index (Phi) is 2.99. The van der Waals surface area contributed by atoms with Gasteiger partial charge in [-0.25, -0.2) is 0 Å². The lowest BCUT2D eigenvalue weighted by Crippen LogP contribution is -2.15. The second-order valence-electron chi connectivity index (χ2n) is 4.24. The molecule has 0 aromatic heterocycles. The molecule has 16 heavy (non-hydrogen) atoms. The fourth-order valence-electron chi connectivity index (χ4n) is 1.52. The van der Waals surface area contributed by atoms with Gasteiger partial charge >= 0.3 is 0 Å². The second-order valence-corrected chi connectivity index (χ2v) is 4.24. The van der Waals surface area contributed by atoms with E-state index in [-0.39, 0.29) is 5.84 Å². The normalized spacial score (nSPS) is 16.2. The van der Waals surface area contributed by atoms with Crippen molar-refractivity contribution in [2.24, 2.45) is 16.8 Å². The number of oxime groups is 1. The number of nitrogens with two attached hydrogens (primary N) is 1. The van der Waals surface area contributed by atoms with Gasteiger partial charge in [0.25, 0.3) is 0 Å². The van der Waals surface area contributed by atoms with Crippen molar-refractivity contribution in [3.63, 3.8) is 0 Å². The Hall–Kier alpha value is -1.71. The van der Waals surface area contributed by atoms with Crippen LogP contribution in [0.2, 0.25) is 0 Å². The van der Waals surface area contributed by atoms with Gasteiger partial charge < -0.3 is 15.7 Å². The van der Waals surface area contributed by atoms with Gasteiger partial charge in [0.15, 0.2) is 5.84 Å². The van der Waals surface area contributed by atoms with Gasteiger partial charge in [-0.1, -0.05) is 16.8 Å². The highest BCUT2D eigenvalue weighted by atomic mass is 16.5. The first kappa shape index (κ1) is 10.8. The van der Waals surface area contributed by atoms with E-state index in [4.69, 9.17) is 15.7 Å². The lowest BCUT2D eigenvalue weighted by molar-refractivity contribution is 0.297. The molecule has 1 aromatic rings. The van der Waals surface area contributed by atoms with E-state index in [1.807, 2.05) is 25.1 Å². The first-order valence-corrected chi connectivity index (χ1v) is 5.42. The molecule has 4 nitrogen and oxygen atoms in total. The van der Waals surface area contributed by atoms with E-state index in [2.05, 4.69) is 5.16 Å². The molecule has 0 aliphatic heterocycles. The maximum absolute atomic E-state index is 8.70. The molecule has 1 aromatic carbocycles. The van der Waals surface area contributed by atoms with Gasteiger partial charge in [-0.3, -0.25) is 0 Å². The summed E-state index contributed by atoms with van der Waals surface area (Å²) in [6.45, 7) is 2.67. The standard InChI is InChI=1S/C12H16N2O2/c1-8-2-5-11(16-7-9-3-4-9)10(6-8)12(13)14-15/h2,5-6,9,15H,3-4,7H2,1H3,(H2,13,14). The van der Waals surface area contributed by atoms with Crippen molar-refractivity contribution in [1.29, 1.82) is 0 Å². The summed E-state index contributed by atoms with van der Waals surface area (Å²) in [5.41, 5.74) is 7.32. The Morgan fingerprint density at radius 1 is 1.56 bits per heavy atom. The topological polar surface area (TPSA) is 67.8 Å². The van der Waals surface area contributed by atoms with Crippen LogP contribution >= 0.6 is 0 Å². The van der Waals surface area contributed by atoms with E-state index in [0.717, 1.165) is 12.2 Å². The number of hydrogen-bond donors (Lipinski definition) is 2. The van der Waals surface area contributed by atoms with Crippen LogP contribution in [0, 0.1) is 12.8 Å². The number of amidine groups is 1. The van der Waals surface area contributed by atoms with E-state index < -0.39 is 0 Å². The zero-order chi connectivity index (χ0) is 11.5. The quantitative estimate of drug-likeness (QED) is 0.352. The van der Waals surface area contributed by atoms with E-state index in [1.54, 1.807) is 0 Å². The summed E-state index contributed by atoms with van der Waals surface area (Å²) in [6.07, 6.45) is 2.48. The predicted molar refractivity (Wildman–Crippen MR) is 61.9 cm³/mol. The summed E-state index contributed by atoms with van der Waals surface area (Å²) in [6, 6.07) is 5.68. The summed E-state index contributed by atoms with van der Waals surface area (Å²) in [4.78, 5) is 0. The van der Waals surface area contributed by atoms with Gasteiger partial charge in [-0.15, -0.1) is 0 Å². The number of ether oxygens (including phenoxy) is 1. The van der Waals surface area contributed by atoms with Gasteiger partial charge in [0.1, 0.15) is 5.75 Å². The van der Waals surface area contributed by atoms with E-state index in [9.17, 15) is 0 Å². The van der Waals surface area contributed by atoms with Crippen LogP contribution in [-0.2, 0) is 0 Å². The van der Waals surface area contributed by atoms with Crippen LogP contribution < -0.4 is 10.5 Å². The highest BCUT2D eigenvalue weighted by Crippen LogP contribution is 2.30. The van der Waals surface area contributed by atoms with Gasteiger partial charge in [-0.05, 0) is 37.8 Å². The maximum Gasteiger partial charge on any atom is 0.173 e. The highest BCUT2D eigenvalue weighted by molar-refractivity contribution is 5.99. The fourth-order valence-corrected chi connectivity index (χ4v) is 1.52. The number of rotatable bonds is 4. The van der Waals surface area contributed by atoms with E-state index in [0.29, 0.717) is 17.2 Å². The van der Waals surface area contributed by atoms with Crippen LogP contribution in [0.25, 0.3) is 0 Å². The van der Waals surface area contributed by atoms with Crippen molar-refractivity contribution >= 4 is 5.84 Å². The maximum atomic E-state index is 8.70. The molecule has 0 radical (unpaired) electrons. The minimum Gasteiger partial charge on any atom is -0.493 e. The van der Waals surface area contributed by atoms with Gasteiger partial charge in [0, 0.05) is 0 Å². The van der Waals surface area contributed by atoms with Crippen molar-refractivity contribution in [1.82, 2.24) is 0 Å². The predicted octanol–water partition coefficient (Wildman–Crippen LogP) is 1.88. The zero-order valence-corrected chi connectivity index (χ0v) is 9.31. The molecule has 1 aliphatic rings. The van der Waals surface area contributed by atoms with Crippen molar-refractivity contribution in [2.75, 3.05) is 6.61 Å². The summed E-state index contributed by atoms with van der Waals surface area (Å²) in [5.74, 6) is 1.46. The van der Waals surface area contributed by atoms with Crippen molar-refractivity contribution in [2.45, 2.75) is 19.8 Å². The molecule has 0 spiro atoms. The number of aryl methyl sites for hydroxylation is 1. The molecule has 0 amide bonds. The molecule has 0 bridgehead atoms. The van der Waals surface area contributed by atoms with Crippen LogP contribution in [0.1, 0.15) is 24.0 Å². The third-order valence-corrected chi connectivity index (χ3v) is 2.69. The van der Waals surface area contributed by atoms with Crippen LogP contribution in [0.3, 0.4) is 0 Å². The Morgan fingerprint density at radius 3 is 2.94 bits per heavy atom. The van der Waals surface area contributed by atoms with Crippen LogP contribution in [0.15, 0.2) is 23.4 Å². The minimum atomic E-state index is 0.0921. The highest BCUT2D eigenvalue weighted by Gasteiger charge is 2.22. The van der Waals surface area contributed by atoms with Crippen molar-refractivity contribution in [3.05, 3.63) is 29.3 Å². The van der Waals surface area contributed by atoms with Crippen LogP contribution in [0.5, 0.6) is 5.75 Å². The average Bonchev–Trinajstić information content (AvgIpc) is 3.10. The van der Waals surface area contributed by atoms with Crippen molar-refractivity contribution < 1.29 is 9.94 Å². The van der Waals surface area contributed by atoms with E-state index >= 15 is 0 Å². The number of hydrogen-bond acceptors (Lipinski definition) is 3. The molecule has 2 rings (SSSR count). The fraction of sp³-hybridized carbons (Fsp3) is 0.417. The molecule has 0 atom stereocenters. The average molecular weight is 220 g/mol. The van der Waals surface area contributed by atoms with E-state index in [1.165, 1.54) is 12.8 Å². The third kappa shape index (κ3) is 2.45. The Morgan fingerprint density at radius 2 is 2.31 bits per heavy atom. The largest absolute Gasteiger partial charge is 0.493 e. The molecule has 0 unspecified atom stereocenters. The van der Waals surface area contributed by atoms with Gasteiger partial charge in [0.2, 0.25) is 0 Å². The first-order valence-electron chi connectivity index (χ1n) is 5.42. The molecule has 1 fully saturated rings. The number of nitrogens with zero attached hydrogens (tertiary/aromatic N) is 1. The summed E-state index contributed by atoms with van der Waals surface area (Å²) >= 11 is 0. The Bertz CT molecular complexity index is 411. The Labute approximate surface area is 94.7 Å². The smallest absolute Gasteiger partial charge is 0.173 e. The molecular formula is C12H16N2O2. The molecule has 0 saturated heterocycles. The Balaban J connectivity index is 2.20. The zero-order valence-electron chi connectivity index (χ0n) is 9.31.